The molecule has 5 heteroatoms. The molecule has 0 saturated carbocycles. The van der Waals surface area contributed by atoms with Crippen LogP contribution in [-0.2, 0) is 6.54 Å². The highest BCUT2D eigenvalue weighted by molar-refractivity contribution is 5.94. The quantitative estimate of drug-likeness (QED) is 0.508. The first kappa shape index (κ1) is 16.0. The lowest BCUT2D eigenvalue weighted by Gasteiger charge is -2.20. The predicted molar refractivity (Wildman–Crippen MR) is 82.6 cm³/mol. The molecule has 118 valence electrons. The van der Waals surface area contributed by atoms with Crippen molar-refractivity contribution < 1.29 is 9.21 Å². The molecule has 0 bridgehead atoms. The number of carbonyl (C=O) groups is 1. The van der Waals surface area contributed by atoms with Crippen molar-refractivity contribution in [1.82, 2.24) is 10.3 Å². The molecule has 0 spiro atoms. The Morgan fingerprint density at radius 2 is 2.24 bits per heavy atom. The Labute approximate surface area is 126 Å². The molecular weight excluding hydrogens is 266 g/mol. The molecule has 1 saturated heterocycles. The van der Waals surface area contributed by atoms with Crippen molar-refractivity contribution in [3.63, 3.8) is 0 Å². The van der Waals surface area contributed by atoms with Gasteiger partial charge in [0.1, 0.15) is 11.5 Å². The van der Waals surface area contributed by atoms with E-state index in [0.717, 1.165) is 37.2 Å². The number of hydrogen-bond donors (Lipinski definition) is 2. The molecule has 21 heavy (non-hydrogen) atoms. The molecule has 1 aliphatic rings. The Balaban J connectivity index is 1.97. The van der Waals surface area contributed by atoms with Gasteiger partial charge in [-0.05, 0) is 57.2 Å². The first-order valence-corrected chi connectivity index (χ1v) is 7.84. The number of nitrogens with one attached hydrogen (secondary N) is 1. The first-order chi connectivity index (χ1) is 10.0. The number of nitrogen functional groups attached to an aromatic ring is 1. The Hall–Kier alpha value is -1.33. The van der Waals surface area contributed by atoms with Gasteiger partial charge in [0, 0.05) is 0 Å². The van der Waals surface area contributed by atoms with Gasteiger partial charge in [-0.15, -0.1) is 0 Å². The summed E-state index contributed by atoms with van der Waals surface area (Å²) in [6, 6.07) is 1.81. The maximum absolute atomic E-state index is 11.6. The third-order valence-corrected chi connectivity index (χ3v) is 4.53. The number of aryl methyl sites for hydroxylation is 1. The van der Waals surface area contributed by atoms with Crippen LogP contribution in [0.2, 0.25) is 0 Å². The van der Waals surface area contributed by atoms with Crippen LogP contribution in [0.15, 0.2) is 10.5 Å². The van der Waals surface area contributed by atoms with Gasteiger partial charge >= 0.3 is 0 Å². The lowest BCUT2D eigenvalue weighted by atomic mass is 9.89. The summed E-state index contributed by atoms with van der Waals surface area (Å²) in [5.41, 5.74) is 2.68. The van der Waals surface area contributed by atoms with Crippen molar-refractivity contribution in [3.8, 4) is 0 Å². The summed E-state index contributed by atoms with van der Waals surface area (Å²) >= 11 is 0. The fourth-order valence-corrected chi connectivity index (χ4v) is 3.15. The maximum Gasteiger partial charge on any atom is 0.268 e. The number of furan rings is 1. The molecule has 1 aromatic rings. The van der Waals surface area contributed by atoms with E-state index < -0.39 is 0 Å². The smallest absolute Gasteiger partial charge is 0.268 e. The molecule has 1 amide bonds. The van der Waals surface area contributed by atoms with Crippen molar-refractivity contribution in [2.24, 2.45) is 17.7 Å². The summed E-state index contributed by atoms with van der Waals surface area (Å²) in [6.07, 6.45) is 3.79. The fraction of sp³-hybridized carbons (Fsp3) is 0.688. The monoisotopic (exact) mass is 293 g/mol. The highest BCUT2D eigenvalue weighted by atomic mass is 16.3. The summed E-state index contributed by atoms with van der Waals surface area (Å²) in [5, 5.41) is 0. The van der Waals surface area contributed by atoms with Crippen LogP contribution in [0.3, 0.4) is 0 Å². The number of nitrogens with two attached hydrogens (primary N) is 1. The Morgan fingerprint density at radius 3 is 2.90 bits per heavy atom. The summed E-state index contributed by atoms with van der Waals surface area (Å²) in [4.78, 5) is 14.0. The highest BCUT2D eigenvalue weighted by Gasteiger charge is 2.21. The van der Waals surface area contributed by atoms with Crippen LogP contribution < -0.4 is 11.3 Å². The number of hydrogen-bond acceptors (Lipinski definition) is 4. The molecule has 2 heterocycles. The van der Waals surface area contributed by atoms with Crippen LogP contribution in [0.1, 0.15) is 55.0 Å². The second kappa shape index (κ2) is 7.09. The van der Waals surface area contributed by atoms with E-state index in [4.69, 9.17) is 10.3 Å². The Morgan fingerprint density at radius 1 is 1.48 bits per heavy atom. The SMILES string of the molecule is Cc1oc(CN2CCCC(C(C)C)CC2)cc1C(=O)NN. The van der Waals surface area contributed by atoms with Crippen LogP contribution >= 0.6 is 0 Å². The van der Waals surface area contributed by atoms with E-state index in [1.807, 2.05) is 6.07 Å². The molecule has 0 radical (unpaired) electrons. The number of likely N-dealkylation sites (tertiary alicyclic amines) is 1. The van der Waals surface area contributed by atoms with E-state index in [1.54, 1.807) is 6.92 Å². The van der Waals surface area contributed by atoms with Gasteiger partial charge in [-0.25, -0.2) is 5.84 Å². The molecular formula is C16H27N3O2. The Kier molecular flexibility index (Phi) is 5.42. The van der Waals surface area contributed by atoms with Gasteiger partial charge in [0.25, 0.3) is 5.91 Å². The molecule has 5 nitrogen and oxygen atoms in total. The molecule has 3 N–H and O–H groups in total. The molecule has 1 atom stereocenters. The second-order valence-electron chi connectivity index (χ2n) is 6.37. The van der Waals surface area contributed by atoms with Gasteiger partial charge in [-0.3, -0.25) is 15.1 Å². The highest BCUT2D eigenvalue weighted by Crippen LogP contribution is 2.25. The molecule has 1 aromatic heterocycles. The van der Waals surface area contributed by atoms with Gasteiger partial charge in [0.05, 0.1) is 12.1 Å². The van der Waals surface area contributed by atoms with E-state index in [-0.39, 0.29) is 5.91 Å². The summed E-state index contributed by atoms with van der Waals surface area (Å²) in [7, 11) is 0. The average molecular weight is 293 g/mol. The summed E-state index contributed by atoms with van der Waals surface area (Å²) < 4.78 is 5.70. The number of nitrogens with zero attached hydrogens (tertiary/aromatic N) is 1. The molecule has 0 aromatic carbocycles. The molecule has 1 aliphatic heterocycles. The van der Waals surface area contributed by atoms with Crippen molar-refractivity contribution >= 4 is 5.91 Å². The third-order valence-electron chi connectivity index (χ3n) is 4.53. The van der Waals surface area contributed by atoms with Crippen LogP contribution in [0.25, 0.3) is 0 Å². The maximum atomic E-state index is 11.6. The molecule has 1 fully saturated rings. The second-order valence-corrected chi connectivity index (χ2v) is 6.37. The fourth-order valence-electron chi connectivity index (χ4n) is 3.15. The van der Waals surface area contributed by atoms with E-state index in [2.05, 4.69) is 24.2 Å². The van der Waals surface area contributed by atoms with Crippen LogP contribution in [0.5, 0.6) is 0 Å². The minimum Gasteiger partial charge on any atom is -0.464 e. The number of rotatable bonds is 4. The van der Waals surface area contributed by atoms with E-state index in [9.17, 15) is 4.79 Å². The zero-order valence-corrected chi connectivity index (χ0v) is 13.3. The predicted octanol–water partition coefficient (Wildman–Crippen LogP) is 2.45. The first-order valence-electron chi connectivity index (χ1n) is 7.84. The summed E-state index contributed by atoms with van der Waals surface area (Å²) in [5.74, 6) is 7.94. The minimum absolute atomic E-state index is 0.293. The Bertz CT molecular complexity index is 482. The lowest BCUT2D eigenvalue weighted by molar-refractivity contribution is 0.0952. The minimum atomic E-state index is -0.293. The number of hydrazine groups is 1. The van der Waals surface area contributed by atoms with Gasteiger partial charge in [0.15, 0.2) is 0 Å². The normalized spacial score (nSPS) is 20.5. The van der Waals surface area contributed by atoms with Crippen LogP contribution in [-0.4, -0.2) is 23.9 Å². The van der Waals surface area contributed by atoms with Gasteiger partial charge < -0.3 is 4.42 Å². The van der Waals surface area contributed by atoms with Gasteiger partial charge in [-0.2, -0.15) is 0 Å². The zero-order valence-electron chi connectivity index (χ0n) is 13.3. The molecule has 1 unspecified atom stereocenters. The average Bonchev–Trinajstić information content (AvgIpc) is 2.66. The molecule has 0 aliphatic carbocycles. The van der Waals surface area contributed by atoms with Gasteiger partial charge in [-0.1, -0.05) is 13.8 Å². The van der Waals surface area contributed by atoms with Crippen molar-refractivity contribution in [2.75, 3.05) is 13.1 Å². The molecule has 2 rings (SSSR count). The summed E-state index contributed by atoms with van der Waals surface area (Å²) in [6.45, 7) is 9.39. The van der Waals surface area contributed by atoms with Crippen LogP contribution in [0.4, 0.5) is 0 Å². The lowest BCUT2D eigenvalue weighted by Crippen LogP contribution is -2.30. The topological polar surface area (TPSA) is 71.5 Å². The van der Waals surface area contributed by atoms with E-state index >= 15 is 0 Å². The van der Waals surface area contributed by atoms with Crippen LogP contribution in [0, 0.1) is 18.8 Å². The number of carbonyl (C=O) groups excluding carboxylic acids is 1. The van der Waals surface area contributed by atoms with E-state index in [1.165, 1.54) is 19.3 Å². The van der Waals surface area contributed by atoms with E-state index in [0.29, 0.717) is 11.3 Å². The number of amides is 1. The largest absolute Gasteiger partial charge is 0.464 e. The third kappa shape index (κ3) is 4.08. The van der Waals surface area contributed by atoms with Crippen molar-refractivity contribution in [3.05, 3.63) is 23.2 Å². The standard InChI is InChI=1S/C16H27N3O2/c1-11(2)13-5-4-7-19(8-6-13)10-14-9-15(12(3)21-14)16(20)18-17/h9,11,13H,4-8,10,17H2,1-3H3,(H,18,20). The van der Waals surface area contributed by atoms with Gasteiger partial charge in [0.2, 0.25) is 0 Å². The van der Waals surface area contributed by atoms with Crippen molar-refractivity contribution in [2.45, 2.75) is 46.6 Å². The van der Waals surface area contributed by atoms with Crippen molar-refractivity contribution in [1.29, 1.82) is 0 Å². The zero-order chi connectivity index (χ0) is 15.4.